The second kappa shape index (κ2) is 7.91. The summed E-state index contributed by atoms with van der Waals surface area (Å²) in [6, 6.07) is 0. The zero-order chi connectivity index (χ0) is 10.4. The second-order valence-corrected chi connectivity index (χ2v) is 3.47. The molecule has 0 radical (unpaired) electrons. The van der Waals surface area contributed by atoms with Crippen molar-refractivity contribution in [2.45, 2.75) is 26.4 Å². The molecule has 0 aromatic heterocycles. The van der Waals surface area contributed by atoms with E-state index in [9.17, 15) is 4.79 Å². The first-order chi connectivity index (χ1) is 6.77. The number of amides is 1. The molecule has 1 amide bonds. The topological polar surface area (TPSA) is 41.6 Å². The molecular weight excluding hydrogens is 216 g/mol. The van der Waals surface area contributed by atoms with E-state index in [1.165, 1.54) is 0 Å². The van der Waals surface area contributed by atoms with Gasteiger partial charge in [-0.2, -0.15) is 0 Å². The third-order valence-corrected chi connectivity index (χ3v) is 2.52. The van der Waals surface area contributed by atoms with E-state index >= 15 is 0 Å². The van der Waals surface area contributed by atoms with E-state index in [-0.39, 0.29) is 24.4 Å². The summed E-state index contributed by atoms with van der Waals surface area (Å²) >= 11 is 0. The fourth-order valence-electron chi connectivity index (χ4n) is 1.65. The number of ether oxygens (including phenoxy) is 1. The number of carbonyl (C=O) groups excluding carboxylic acids is 1. The third kappa shape index (κ3) is 4.82. The number of hydrogen-bond acceptors (Lipinski definition) is 3. The second-order valence-electron chi connectivity index (χ2n) is 3.47. The Morgan fingerprint density at radius 3 is 2.60 bits per heavy atom. The van der Waals surface area contributed by atoms with Crippen LogP contribution in [0.5, 0.6) is 0 Å². The lowest BCUT2D eigenvalue weighted by atomic mass is 10.2. The van der Waals surface area contributed by atoms with Gasteiger partial charge in [0.25, 0.3) is 0 Å². The molecule has 0 saturated carbocycles. The molecule has 1 saturated heterocycles. The van der Waals surface area contributed by atoms with Crippen LogP contribution in [0.4, 0.5) is 0 Å². The van der Waals surface area contributed by atoms with Crippen molar-refractivity contribution in [1.29, 1.82) is 0 Å². The van der Waals surface area contributed by atoms with Crippen LogP contribution < -0.4 is 5.32 Å². The van der Waals surface area contributed by atoms with Gasteiger partial charge in [0.15, 0.2) is 0 Å². The normalized spacial score (nSPS) is 20.5. The first-order valence-corrected chi connectivity index (χ1v) is 5.38. The lowest BCUT2D eigenvalue weighted by Gasteiger charge is -2.26. The van der Waals surface area contributed by atoms with Gasteiger partial charge in [0.2, 0.25) is 5.91 Å². The monoisotopic (exact) mass is 236 g/mol. The lowest BCUT2D eigenvalue weighted by Crippen LogP contribution is -2.42. The summed E-state index contributed by atoms with van der Waals surface area (Å²) in [5.41, 5.74) is 0. The maximum Gasteiger partial charge on any atom is 0.225 e. The van der Waals surface area contributed by atoms with Crippen molar-refractivity contribution in [3.8, 4) is 0 Å². The molecule has 1 N–H and O–H groups in total. The number of halogens is 1. The van der Waals surface area contributed by atoms with Crippen LogP contribution in [0.3, 0.4) is 0 Å². The van der Waals surface area contributed by atoms with Crippen LogP contribution >= 0.6 is 12.4 Å². The molecule has 90 valence electrons. The molecule has 0 bridgehead atoms. The van der Waals surface area contributed by atoms with E-state index in [0.717, 1.165) is 32.8 Å². The molecule has 1 aliphatic heterocycles. The van der Waals surface area contributed by atoms with Crippen LogP contribution in [-0.4, -0.2) is 49.7 Å². The van der Waals surface area contributed by atoms with E-state index in [0.29, 0.717) is 6.42 Å². The standard InChI is InChI=1S/C10H20N2O2.ClH/c1-3-12(4-2)10(13)7-9-8-11-5-6-14-9;/h9,11H,3-8H2,1-2H3;1H. The summed E-state index contributed by atoms with van der Waals surface area (Å²) in [4.78, 5) is 13.5. The van der Waals surface area contributed by atoms with Crippen molar-refractivity contribution in [2.24, 2.45) is 0 Å². The largest absolute Gasteiger partial charge is 0.375 e. The van der Waals surface area contributed by atoms with E-state index in [2.05, 4.69) is 5.32 Å². The van der Waals surface area contributed by atoms with Gasteiger partial charge in [0.05, 0.1) is 19.1 Å². The number of nitrogens with zero attached hydrogens (tertiary/aromatic N) is 1. The Bertz CT molecular complexity index is 180. The van der Waals surface area contributed by atoms with Crippen LogP contribution in [0.1, 0.15) is 20.3 Å². The average molecular weight is 237 g/mol. The highest BCUT2D eigenvalue weighted by molar-refractivity contribution is 5.85. The molecule has 0 spiro atoms. The lowest BCUT2D eigenvalue weighted by molar-refractivity contribution is -0.134. The maximum absolute atomic E-state index is 11.7. The molecule has 5 heteroatoms. The van der Waals surface area contributed by atoms with E-state index < -0.39 is 0 Å². The molecule has 1 atom stereocenters. The molecule has 1 aliphatic rings. The molecule has 1 heterocycles. The summed E-state index contributed by atoms with van der Waals surface area (Å²) in [5, 5.41) is 3.22. The number of nitrogens with one attached hydrogen (secondary N) is 1. The minimum atomic E-state index is 0. The van der Waals surface area contributed by atoms with Crippen LogP contribution in [0, 0.1) is 0 Å². The summed E-state index contributed by atoms with van der Waals surface area (Å²) < 4.78 is 5.48. The van der Waals surface area contributed by atoms with Gasteiger partial charge in [-0.1, -0.05) is 0 Å². The average Bonchev–Trinajstić information content (AvgIpc) is 2.21. The van der Waals surface area contributed by atoms with E-state index in [1.54, 1.807) is 0 Å². The molecule has 1 fully saturated rings. The maximum atomic E-state index is 11.7. The van der Waals surface area contributed by atoms with E-state index in [4.69, 9.17) is 4.74 Å². The Hall–Kier alpha value is -0.320. The van der Waals surface area contributed by atoms with Crippen molar-refractivity contribution >= 4 is 18.3 Å². The third-order valence-electron chi connectivity index (χ3n) is 2.52. The van der Waals surface area contributed by atoms with Crippen molar-refractivity contribution in [2.75, 3.05) is 32.8 Å². The fraction of sp³-hybridized carbons (Fsp3) is 0.900. The Balaban J connectivity index is 0.00000196. The number of hydrogen-bond donors (Lipinski definition) is 1. The summed E-state index contributed by atoms with van der Waals surface area (Å²) in [7, 11) is 0. The molecule has 0 aromatic carbocycles. The smallest absolute Gasteiger partial charge is 0.225 e. The number of carbonyl (C=O) groups is 1. The Labute approximate surface area is 97.8 Å². The molecule has 15 heavy (non-hydrogen) atoms. The van der Waals surface area contributed by atoms with Gasteiger partial charge in [-0.05, 0) is 13.8 Å². The SMILES string of the molecule is CCN(CC)C(=O)CC1CNCCO1.Cl. The predicted octanol–water partition coefficient (Wildman–Crippen LogP) is 0.655. The van der Waals surface area contributed by atoms with E-state index in [1.807, 2.05) is 18.7 Å². The van der Waals surface area contributed by atoms with Crippen LogP contribution in [-0.2, 0) is 9.53 Å². The fourth-order valence-corrected chi connectivity index (χ4v) is 1.65. The molecule has 1 unspecified atom stereocenters. The molecule has 4 nitrogen and oxygen atoms in total. The quantitative estimate of drug-likeness (QED) is 0.780. The summed E-state index contributed by atoms with van der Waals surface area (Å²) in [6.07, 6.45) is 0.575. The first kappa shape index (κ1) is 14.7. The zero-order valence-corrected chi connectivity index (χ0v) is 10.3. The Morgan fingerprint density at radius 1 is 1.47 bits per heavy atom. The van der Waals surface area contributed by atoms with Gasteiger partial charge in [-0.15, -0.1) is 12.4 Å². The molecule has 1 rings (SSSR count). The van der Waals surface area contributed by atoms with Crippen molar-refractivity contribution in [3.63, 3.8) is 0 Å². The molecule has 0 aromatic rings. The van der Waals surface area contributed by atoms with Crippen molar-refractivity contribution in [1.82, 2.24) is 10.2 Å². The Kier molecular flexibility index (Phi) is 7.74. The molecular formula is C10H21ClN2O2. The van der Waals surface area contributed by atoms with Gasteiger partial charge in [0.1, 0.15) is 0 Å². The summed E-state index contributed by atoms with van der Waals surface area (Å²) in [6.45, 7) is 7.99. The minimum Gasteiger partial charge on any atom is -0.375 e. The highest BCUT2D eigenvalue weighted by Crippen LogP contribution is 2.04. The van der Waals surface area contributed by atoms with Gasteiger partial charge in [-0.3, -0.25) is 4.79 Å². The Morgan fingerprint density at radius 2 is 2.13 bits per heavy atom. The van der Waals surface area contributed by atoms with Crippen molar-refractivity contribution < 1.29 is 9.53 Å². The van der Waals surface area contributed by atoms with Gasteiger partial charge < -0.3 is 15.0 Å². The molecule has 0 aliphatic carbocycles. The summed E-state index contributed by atoms with van der Waals surface area (Å²) in [5.74, 6) is 0.198. The first-order valence-electron chi connectivity index (χ1n) is 5.38. The van der Waals surface area contributed by atoms with Crippen LogP contribution in [0.2, 0.25) is 0 Å². The highest BCUT2D eigenvalue weighted by Gasteiger charge is 2.19. The highest BCUT2D eigenvalue weighted by atomic mass is 35.5. The minimum absolute atomic E-state index is 0. The van der Waals surface area contributed by atoms with Gasteiger partial charge in [0, 0.05) is 26.2 Å². The van der Waals surface area contributed by atoms with Gasteiger partial charge >= 0.3 is 0 Å². The zero-order valence-electron chi connectivity index (χ0n) is 9.49. The van der Waals surface area contributed by atoms with Crippen LogP contribution in [0.15, 0.2) is 0 Å². The van der Waals surface area contributed by atoms with Gasteiger partial charge in [-0.25, -0.2) is 0 Å². The number of morpholine rings is 1. The predicted molar refractivity (Wildman–Crippen MR) is 62.4 cm³/mol. The van der Waals surface area contributed by atoms with Crippen molar-refractivity contribution in [3.05, 3.63) is 0 Å². The number of rotatable bonds is 4. The van der Waals surface area contributed by atoms with Crippen LogP contribution in [0.25, 0.3) is 0 Å².